The fourth-order valence-electron chi connectivity index (χ4n) is 3.01. The van der Waals surface area contributed by atoms with Crippen molar-refractivity contribution in [3.63, 3.8) is 0 Å². The van der Waals surface area contributed by atoms with Crippen LogP contribution < -0.4 is 5.73 Å². The Morgan fingerprint density at radius 2 is 2.00 bits per heavy atom. The molecule has 0 bridgehead atoms. The second-order valence-corrected chi connectivity index (χ2v) is 6.49. The zero-order valence-corrected chi connectivity index (χ0v) is 13.0. The molecule has 0 aromatic carbocycles. The molecule has 3 heteroatoms. The molecule has 0 aliphatic heterocycles. The van der Waals surface area contributed by atoms with Gasteiger partial charge in [-0.15, -0.1) is 0 Å². The Balaban J connectivity index is 1.87. The average molecular weight is 275 g/mol. The Kier molecular flexibility index (Phi) is 5.84. The van der Waals surface area contributed by atoms with Crippen molar-refractivity contribution in [3.05, 3.63) is 24.0 Å². The van der Waals surface area contributed by atoms with Crippen molar-refractivity contribution < 1.29 is 0 Å². The second kappa shape index (κ2) is 7.63. The summed E-state index contributed by atoms with van der Waals surface area (Å²) in [5.41, 5.74) is 7.60. The molecule has 0 saturated heterocycles. The summed E-state index contributed by atoms with van der Waals surface area (Å²) in [6.45, 7) is 6.99. The van der Waals surface area contributed by atoms with Gasteiger partial charge in [-0.25, -0.2) is 0 Å². The lowest BCUT2D eigenvalue weighted by Gasteiger charge is -2.29. The summed E-state index contributed by atoms with van der Waals surface area (Å²) < 4.78 is 0. The number of nitrogens with two attached hydrogens (primary N) is 1. The minimum absolute atomic E-state index is 0.751. The molecule has 112 valence electrons. The summed E-state index contributed by atoms with van der Waals surface area (Å²) >= 11 is 0. The van der Waals surface area contributed by atoms with Crippen LogP contribution in [0.5, 0.6) is 0 Å². The van der Waals surface area contributed by atoms with Gasteiger partial charge in [-0.2, -0.15) is 0 Å². The zero-order chi connectivity index (χ0) is 14.4. The summed E-state index contributed by atoms with van der Waals surface area (Å²) in [4.78, 5) is 7.12. The number of pyridine rings is 1. The van der Waals surface area contributed by atoms with E-state index in [4.69, 9.17) is 5.73 Å². The van der Waals surface area contributed by atoms with Crippen LogP contribution in [-0.2, 0) is 6.42 Å². The van der Waals surface area contributed by atoms with Crippen LogP contribution >= 0.6 is 0 Å². The van der Waals surface area contributed by atoms with E-state index in [0.29, 0.717) is 0 Å². The summed E-state index contributed by atoms with van der Waals surface area (Å²) in [6.07, 6.45) is 9.68. The van der Waals surface area contributed by atoms with Gasteiger partial charge >= 0.3 is 0 Å². The molecule has 2 N–H and O–H groups in total. The van der Waals surface area contributed by atoms with Crippen molar-refractivity contribution >= 4 is 5.69 Å². The number of aromatic nitrogens is 1. The maximum Gasteiger partial charge on any atom is 0.0501 e. The van der Waals surface area contributed by atoms with E-state index < -0.39 is 0 Å². The van der Waals surface area contributed by atoms with Crippen LogP contribution in [0.1, 0.15) is 51.6 Å². The molecule has 0 spiro atoms. The van der Waals surface area contributed by atoms with Gasteiger partial charge in [-0.05, 0) is 43.9 Å². The van der Waals surface area contributed by atoms with Crippen LogP contribution in [0.25, 0.3) is 0 Å². The van der Waals surface area contributed by atoms with Gasteiger partial charge in [-0.3, -0.25) is 9.88 Å². The lowest BCUT2D eigenvalue weighted by Crippen LogP contribution is -2.36. The molecular formula is C17H29N3. The Labute approximate surface area is 123 Å². The fourth-order valence-corrected chi connectivity index (χ4v) is 3.01. The van der Waals surface area contributed by atoms with Gasteiger partial charge in [0.05, 0.1) is 11.9 Å². The third-order valence-corrected chi connectivity index (χ3v) is 4.34. The summed E-state index contributed by atoms with van der Waals surface area (Å²) in [5.74, 6) is 0.786. The lowest BCUT2D eigenvalue weighted by atomic mass is 10.1. The molecule has 0 atom stereocenters. The zero-order valence-electron chi connectivity index (χ0n) is 13.0. The minimum atomic E-state index is 0.751. The van der Waals surface area contributed by atoms with E-state index >= 15 is 0 Å². The van der Waals surface area contributed by atoms with Crippen LogP contribution in [0.3, 0.4) is 0 Å². The van der Waals surface area contributed by atoms with Gasteiger partial charge in [0.2, 0.25) is 0 Å². The SMILES string of the molecule is CC(C)CCN(CCc1ccc(N)cn1)C1CCCC1. The van der Waals surface area contributed by atoms with Crippen LogP contribution in [0, 0.1) is 5.92 Å². The molecule has 1 aliphatic carbocycles. The van der Waals surface area contributed by atoms with E-state index in [-0.39, 0.29) is 0 Å². The number of nitrogen functional groups attached to an aromatic ring is 1. The quantitative estimate of drug-likeness (QED) is 0.828. The third kappa shape index (κ3) is 4.78. The molecular weight excluding hydrogens is 246 g/mol. The van der Waals surface area contributed by atoms with Crippen LogP contribution in [0.15, 0.2) is 18.3 Å². The molecule has 0 radical (unpaired) electrons. The van der Waals surface area contributed by atoms with Crippen molar-refractivity contribution in [1.29, 1.82) is 0 Å². The average Bonchev–Trinajstić information content (AvgIpc) is 2.94. The van der Waals surface area contributed by atoms with E-state index in [1.54, 1.807) is 6.20 Å². The monoisotopic (exact) mass is 275 g/mol. The minimum Gasteiger partial charge on any atom is -0.397 e. The van der Waals surface area contributed by atoms with Gasteiger partial charge in [0, 0.05) is 24.7 Å². The van der Waals surface area contributed by atoms with Gasteiger partial charge in [0.15, 0.2) is 0 Å². The van der Waals surface area contributed by atoms with Gasteiger partial charge in [-0.1, -0.05) is 26.7 Å². The van der Waals surface area contributed by atoms with Crippen LogP contribution in [0.4, 0.5) is 5.69 Å². The highest BCUT2D eigenvalue weighted by molar-refractivity contribution is 5.34. The summed E-state index contributed by atoms with van der Waals surface area (Å²) in [7, 11) is 0. The first-order chi connectivity index (χ1) is 9.65. The molecule has 1 aliphatic rings. The van der Waals surface area contributed by atoms with Crippen LogP contribution in [0.2, 0.25) is 0 Å². The van der Waals surface area contributed by atoms with E-state index in [1.807, 2.05) is 6.07 Å². The molecule has 1 aromatic heterocycles. The molecule has 0 unspecified atom stereocenters. The molecule has 2 rings (SSSR count). The largest absolute Gasteiger partial charge is 0.397 e. The van der Waals surface area contributed by atoms with E-state index in [1.165, 1.54) is 38.6 Å². The highest BCUT2D eigenvalue weighted by atomic mass is 15.2. The van der Waals surface area contributed by atoms with Crippen LogP contribution in [-0.4, -0.2) is 29.0 Å². The van der Waals surface area contributed by atoms with E-state index in [9.17, 15) is 0 Å². The van der Waals surface area contributed by atoms with E-state index in [0.717, 1.165) is 36.3 Å². The molecule has 1 saturated carbocycles. The highest BCUT2D eigenvalue weighted by Crippen LogP contribution is 2.24. The lowest BCUT2D eigenvalue weighted by molar-refractivity contribution is 0.190. The van der Waals surface area contributed by atoms with E-state index in [2.05, 4.69) is 29.8 Å². The van der Waals surface area contributed by atoms with Crippen molar-refractivity contribution in [1.82, 2.24) is 9.88 Å². The second-order valence-electron chi connectivity index (χ2n) is 6.49. The smallest absolute Gasteiger partial charge is 0.0501 e. The standard InChI is InChI=1S/C17H29N3/c1-14(2)9-11-20(17-5-3-4-6-17)12-10-16-8-7-15(18)13-19-16/h7-8,13-14,17H,3-6,9-12,18H2,1-2H3. The van der Waals surface area contributed by atoms with Gasteiger partial charge < -0.3 is 5.73 Å². The number of hydrogen-bond acceptors (Lipinski definition) is 3. The number of anilines is 1. The fraction of sp³-hybridized carbons (Fsp3) is 0.706. The Morgan fingerprint density at radius 3 is 2.60 bits per heavy atom. The van der Waals surface area contributed by atoms with Gasteiger partial charge in [0.25, 0.3) is 0 Å². The predicted octanol–water partition coefficient (Wildman–Crippen LogP) is 3.50. The van der Waals surface area contributed by atoms with Crippen molar-refractivity contribution in [2.75, 3.05) is 18.8 Å². The maximum atomic E-state index is 5.69. The molecule has 0 amide bonds. The first-order valence-electron chi connectivity index (χ1n) is 8.09. The molecule has 1 fully saturated rings. The first kappa shape index (κ1) is 15.3. The molecule has 1 aromatic rings. The Morgan fingerprint density at radius 1 is 1.25 bits per heavy atom. The number of hydrogen-bond donors (Lipinski definition) is 1. The Hall–Kier alpha value is -1.09. The van der Waals surface area contributed by atoms with Crippen molar-refractivity contribution in [2.24, 2.45) is 5.92 Å². The normalized spacial score (nSPS) is 16.4. The molecule has 20 heavy (non-hydrogen) atoms. The summed E-state index contributed by atoms with van der Waals surface area (Å²) in [6, 6.07) is 4.82. The topological polar surface area (TPSA) is 42.1 Å². The third-order valence-electron chi connectivity index (χ3n) is 4.34. The number of nitrogens with zero attached hydrogens (tertiary/aromatic N) is 2. The molecule has 3 nitrogen and oxygen atoms in total. The summed E-state index contributed by atoms with van der Waals surface area (Å²) in [5, 5.41) is 0. The van der Waals surface area contributed by atoms with Crippen molar-refractivity contribution in [2.45, 2.75) is 58.4 Å². The number of rotatable bonds is 7. The first-order valence-corrected chi connectivity index (χ1v) is 8.09. The van der Waals surface area contributed by atoms with Gasteiger partial charge in [0.1, 0.15) is 0 Å². The maximum absolute atomic E-state index is 5.69. The highest BCUT2D eigenvalue weighted by Gasteiger charge is 2.22. The molecule has 1 heterocycles. The van der Waals surface area contributed by atoms with Crippen molar-refractivity contribution in [3.8, 4) is 0 Å². The Bertz CT molecular complexity index is 380. The predicted molar refractivity (Wildman–Crippen MR) is 85.6 cm³/mol.